The van der Waals surface area contributed by atoms with E-state index in [1.54, 1.807) is 12.1 Å². The molecule has 0 bridgehead atoms. The Labute approximate surface area is 233 Å². The number of hydrogen-bond donors (Lipinski definition) is 0. The van der Waals surface area contributed by atoms with Crippen molar-refractivity contribution in [3.8, 4) is 0 Å². The van der Waals surface area contributed by atoms with Gasteiger partial charge in [-0.05, 0) is 41.5 Å². The fourth-order valence-corrected chi connectivity index (χ4v) is 6.26. The van der Waals surface area contributed by atoms with Gasteiger partial charge in [0.05, 0.1) is 36.5 Å². The van der Waals surface area contributed by atoms with Gasteiger partial charge in [0, 0.05) is 31.9 Å². The van der Waals surface area contributed by atoms with Crippen molar-refractivity contribution in [2.45, 2.75) is 39.2 Å². The summed E-state index contributed by atoms with van der Waals surface area (Å²) < 4.78 is 19.4. The number of anilines is 1. The summed E-state index contributed by atoms with van der Waals surface area (Å²) in [5.41, 5.74) is 4.59. The number of halogens is 1. The van der Waals surface area contributed by atoms with Gasteiger partial charge in [0.1, 0.15) is 5.82 Å². The number of aliphatic imine (C=N–C) groups is 1. The molecule has 0 aromatic heterocycles. The molecule has 1 atom stereocenters. The maximum atomic E-state index is 14.3. The van der Waals surface area contributed by atoms with Crippen LogP contribution in [0.25, 0.3) is 0 Å². The monoisotopic (exact) mass is 548 g/mol. The van der Waals surface area contributed by atoms with Crippen molar-refractivity contribution >= 4 is 34.5 Å². The topological polar surface area (TPSA) is 65.5 Å². The molecule has 2 aromatic carbocycles. The molecule has 1 saturated heterocycles. The van der Waals surface area contributed by atoms with E-state index in [4.69, 9.17) is 9.73 Å². The summed E-state index contributed by atoms with van der Waals surface area (Å²) >= 11 is 1.46. The molecule has 9 heteroatoms. The predicted molar refractivity (Wildman–Crippen MR) is 153 cm³/mol. The summed E-state index contributed by atoms with van der Waals surface area (Å²) in [6, 6.07) is 14.5. The van der Waals surface area contributed by atoms with Gasteiger partial charge in [-0.2, -0.15) is 0 Å². The van der Waals surface area contributed by atoms with E-state index in [-0.39, 0.29) is 18.1 Å². The summed E-state index contributed by atoms with van der Waals surface area (Å²) in [4.78, 5) is 36.9. The highest BCUT2D eigenvalue weighted by atomic mass is 32.2. The highest BCUT2D eigenvalue weighted by molar-refractivity contribution is 8.16. The summed E-state index contributed by atoms with van der Waals surface area (Å²) in [7, 11) is 1.38. The average Bonchev–Trinajstić information content (AvgIpc) is 3.33. The van der Waals surface area contributed by atoms with Crippen molar-refractivity contribution in [1.82, 2.24) is 9.80 Å². The molecule has 3 aliphatic rings. The number of benzene rings is 2. The Balaban J connectivity index is 1.36. The average molecular weight is 549 g/mol. The molecule has 0 radical (unpaired) electrons. The molecular formula is C30H33FN4O3S. The Morgan fingerprint density at radius 2 is 1.77 bits per heavy atom. The lowest BCUT2D eigenvalue weighted by atomic mass is 9.92. The summed E-state index contributed by atoms with van der Waals surface area (Å²) in [5, 5.41) is 2.69. The quantitative estimate of drug-likeness (QED) is 0.448. The van der Waals surface area contributed by atoms with Crippen LogP contribution in [0.15, 0.2) is 75.9 Å². The fourth-order valence-electron chi connectivity index (χ4n) is 5.29. The number of piperazine rings is 1. The van der Waals surface area contributed by atoms with E-state index in [1.807, 2.05) is 45.2 Å². The number of rotatable bonds is 6. The number of hydrogen-bond acceptors (Lipinski definition) is 7. The number of carbonyl (C=O) groups is 2. The molecule has 0 spiro atoms. The second-order valence-electron chi connectivity index (χ2n) is 10.2. The first kappa shape index (κ1) is 27.0. The molecule has 1 unspecified atom stereocenters. The number of esters is 1. The van der Waals surface area contributed by atoms with Gasteiger partial charge in [0.2, 0.25) is 5.91 Å². The molecular weight excluding hydrogens is 515 g/mol. The standard InChI is InChI=1S/C30H33FN4O3S/c1-19(2)21-9-11-22(12-10-21)28-27(29(37)38-4)20(3)32-30-35(28)23(18-39-30)17-26(36)34-15-13-33(14-16-34)25-8-6-5-7-24(25)31/h5-12,18-19,28H,13-17H2,1-4H3. The van der Waals surface area contributed by atoms with Crippen LogP contribution in [-0.2, 0) is 14.3 Å². The molecule has 3 heterocycles. The lowest BCUT2D eigenvalue weighted by molar-refractivity contribution is -0.136. The highest BCUT2D eigenvalue weighted by Crippen LogP contribution is 2.45. The molecule has 1 amide bonds. The predicted octanol–water partition coefficient (Wildman–Crippen LogP) is 5.44. The van der Waals surface area contributed by atoms with Crippen LogP contribution in [0.2, 0.25) is 0 Å². The number of carbonyl (C=O) groups excluding carboxylic acids is 2. The minimum absolute atomic E-state index is 0.00363. The molecule has 0 N–H and O–H groups in total. The van der Waals surface area contributed by atoms with E-state index in [1.165, 1.54) is 30.5 Å². The smallest absolute Gasteiger partial charge is 0.338 e. The molecule has 204 valence electrons. The molecule has 3 aliphatic heterocycles. The van der Waals surface area contributed by atoms with Crippen LogP contribution in [0, 0.1) is 5.82 Å². The van der Waals surface area contributed by atoms with Crippen LogP contribution in [-0.4, -0.2) is 60.1 Å². The van der Waals surface area contributed by atoms with E-state index >= 15 is 0 Å². The maximum Gasteiger partial charge on any atom is 0.338 e. The largest absolute Gasteiger partial charge is 0.466 e. The van der Waals surface area contributed by atoms with E-state index in [0.29, 0.717) is 49.1 Å². The Morgan fingerprint density at radius 1 is 1.08 bits per heavy atom. The number of para-hydroxylation sites is 1. The molecule has 39 heavy (non-hydrogen) atoms. The maximum absolute atomic E-state index is 14.3. The van der Waals surface area contributed by atoms with Crippen LogP contribution >= 0.6 is 11.8 Å². The van der Waals surface area contributed by atoms with Crippen molar-refractivity contribution in [3.05, 3.63) is 87.9 Å². The molecule has 7 nitrogen and oxygen atoms in total. The Morgan fingerprint density at radius 3 is 2.41 bits per heavy atom. The number of ether oxygens (including phenoxy) is 1. The summed E-state index contributed by atoms with van der Waals surface area (Å²) in [6.07, 6.45) is 0.180. The molecule has 2 aromatic rings. The van der Waals surface area contributed by atoms with Crippen LogP contribution in [0.5, 0.6) is 0 Å². The minimum Gasteiger partial charge on any atom is -0.466 e. The first-order valence-electron chi connectivity index (χ1n) is 13.2. The number of methoxy groups -OCH3 is 1. The summed E-state index contributed by atoms with van der Waals surface area (Å²) in [5.74, 6) is -0.301. The highest BCUT2D eigenvalue weighted by Gasteiger charge is 2.41. The van der Waals surface area contributed by atoms with Gasteiger partial charge in [0.25, 0.3) is 0 Å². The van der Waals surface area contributed by atoms with Crippen LogP contribution < -0.4 is 4.90 Å². The zero-order valence-corrected chi connectivity index (χ0v) is 23.5. The molecule has 0 saturated carbocycles. The van der Waals surface area contributed by atoms with E-state index < -0.39 is 12.0 Å². The van der Waals surface area contributed by atoms with Gasteiger partial charge < -0.3 is 19.4 Å². The van der Waals surface area contributed by atoms with Crippen LogP contribution in [0.1, 0.15) is 50.3 Å². The molecule has 5 rings (SSSR count). The van der Waals surface area contributed by atoms with Gasteiger partial charge in [-0.1, -0.05) is 62.0 Å². The second kappa shape index (κ2) is 11.3. The number of amidine groups is 1. The first-order chi connectivity index (χ1) is 18.8. The lowest BCUT2D eigenvalue weighted by Crippen LogP contribution is -2.49. The number of fused-ring (bicyclic) bond motifs is 1. The van der Waals surface area contributed by atoms with Crippen molar-refractivity contribution in [2.24, 2.45) is 4.99 Å². The van der Waals surface area contributed by atoms with Gasteiger partial charge in [-0.3, -0.25) is 4.79 Å². The Hall–Kier alpha value is -3.59. The number of amides is 1. The van der Waals surface area contributed by atoms with Gasteiger partial charge in [-0.15, -0.1) is 0 Å². The third-order valence-corrected chi connectivity index (χ3v) is 8.37. The minimum atomic E-state index is -0.446. The fraction of sp³-hybridized carbons (Fsp3) is 0.367. The van der Waals surface area contributed by atoms with Crippen molar-refractivity contribution in [3.63, 3.8) is 0 Å². The second-order valence-corrected chi connectivity index (χ2v) is 11.0. The summed E-state index contributed by atoms with van der Waals surface area (Å²) in [6.45, 7) is 8.27. The van der Waals surface area contributed by atoms with E-state index in [2.05, 4.69) is 26.0 Å². The first-order valence-corrected chi connectivity index (χ1v) is 14.1. The van der Waals surface area contributed by atoms with Crippen LogP contribution in [0.4, 0.5) is 10.1 Å². The Bertz CT molecular complexity index is 1360. The molecule has 1 fully saturated rings. The zero-order chi connectivity index (χ0) is 27.7. The number of allylic oxidation sites excluding steroid dienone is 1. The van der Waals surface area contributed by atoms with Gasteiger partial charge in [0.15, 0.2) is 5.17 Å². The van der Waals surface area contributed by atoms with Crippen molar-refractivity contribution in [2.75, 3.05) is 38.2 Å². The normalized spacial score (nSPS) is 19.2. The number of thioether (sulfide) groups is 1. The van der Waals surface area contributed by atoms with E-state index in [0.717, 1.165) is 16.4 Å². The van der Waals surface area contributed by atoms with Crippen molar-refractivity contribution < 1.29 is 18.7 Å². The van der Waals surface area contributed by atoms with Gasteiger partial charge in [-0.25, -0.2) is 14.2 Å². The van der Waals surface area contributed by atoms with Crippen LogP contribution in [0.3, 0.4) is 0 Å². The SMILES string of the molecule is COC(=O)C1=C(C)N=C2SC=C(CC(=O)N3CCN(c4ccccc4F)CC3)N2C1c1ccc(C(C)C)cc1. The van der Waals surface area contributed by atoms with E-state index in [9.17, 15) is 14.0 Å². The zero-order valence-electron chi connectivity index (χ0n) is 22.7. The number of nitrogens with zero attached hydrogens (tertiary/aromatic N) is 4. The third-order valence-electron chi connectivity index (χ3n) is 7.48. The van der Waals surface area contributed by atoms with Gasteiger partial charge >= 0.3 is 5.97 Å². The molecule has 0 aliphatic carbocycles. The third kappa shape index (κ3) is 5.32. The Kier molecular flexibility index (Phi) is 7.79. The van der Waals surface area contributed by atoms with Crippen molar-refractivity contribution in [1.29, 1.82) is 0 Å². The lowest BCUT2D eigenvalue weighted by Gasteiger charge is -2.38.